The lowest BCUT2D eigenvalue weighted by Gasteiger charge is -1.90. The molecule has 0 aliphatic carbocycles. The summed E-state index contributed by atoms with van der Waals surface area (Å²) in [6.45, 7) is 1.60. The fourth-order valence-corrected chi connectivity index (χ4v) is 0.923. The number of fused-ring (bicyclic) bond motifs is 2. The number of carboxylic acids is 1. The predicted octanol–water partition coefficient (Wildman–Crippen LogP) is 2.36. The molecule has 2 bridgehead atoms. The number of methoxy groups -OCH3 is 1. The lowest BCUT2D eigenvalue weighted by Crippen LogP contribution is -1.86. The van der Waals surface area contributed by atoms with Crippen molar-refractivity contribution in [2.75, 3.05) is 7.11 Å². The van der Waals surface area contributed by atoms with E-state index < -0.39 is 5.97 Å². The smallest absolute Gasteiger partial charge is 0.303 e. The van der Waals surface area contributed by atoms with Gasteiger partial charge in [-0.25, -0.2) is 0 Å². The van der Waals surface area contributed by atoms with E-state index in [1.165, 1.54) is 0 Å². The van der Waals surface area contributed by atoms with Crippen molar-refractivity contribution >= 4 is 17.1 Å². The second-order valence-corrected chi connectivity index (χ2v) is 2.66. The minimum Gasteiger partial charge on any atom is -0.493 e. The van der Waals surface area contributed by atoms with Gasteiger partial charge in [0.1, 0.15) is 5.58 Å². The normalized spacial score (nSPS) is 9.57. The van der Waals surface area contributed by atoms with Crippen molar-refractivity contribution in [3.63, 3.8) is 0 Å². The van der Waals surface area contributed by atoms with Gasteiger partial charge >= 0.3 is 5.97 Å². The third-order valence-electron chi connectivity index (χ3n) is 1.67. The summed E-state index contributed by atoms with van der Waals surface area (Å²) < 4.78 is 10.2. The molecule has 76 valence electrons. The van der Waals surface area contributed by atoms with Crippen molar-refractivity contribution in [3.8, 4) is 5.75 Å². The molecule has 2 aromatic rings. The topological polar surface area (TPSA) is 59.7 Å². The molecule has 0 spiro atoms. The van der Waals surface area contributed by atoms with Gasteiger partial charge in [-0.1, -0.05) is 6.92 Å². The summed E-state index contributed by atoms with van der Waals surface area (Å²) in [7, 11) is 1.64. The summed E-state index contributed by atoms with van der Waals surface area (Å²) in [6, 6.07) is 5.68. The Hall–Kier alpha value is -1.71. The highest BCUT2D eigenvalue weighted by Crippen LogP contribution is 2.27. The molecule has 0 atom stereocenters. The highest BCUT2D eigenvalue weighted by molar-refractivity contribution is 5.69. The monoisotopic (exact) mass is 196 g/mol. The van der Waals surface area contributed by atoms with Gasteiger partial charge in [0.05, 0.1) is 7.11 Å². The molecule has 2 heterocycles. The standard InChI is InChI=1S/C7H6O2.C3H6O2/c1-8-7-4-5-2-3-6(7)9-5;1-2-3(4)5/h2-4H,1H3;2H2,1H3,(H,4,5). The summed E-state index contributed by atoms with van der Waals surface area (Å²) in [6.07, 6.45) is 0.222. The number of furan rings is 2. The summed E-state index contributed by atoms with van der Waals surface area (Å²) in [5.41, 5.74) is 1.70. The Labute approximate surface area is 81.4 Å². The first-order valence-corrected chi connectivity index (χ1v) is 4.25. The quantitative estimate of drug-likeness (QED) is 0.800. The van der Waals surface area contributed by atoms with Gasteiger partial charge in [-0.05, 0) is 12.1 Å². The minimum atomic E-state index is -0.745. The number of hydrogen-bond donors (Lipinski definition) is 1. The van der Waals surface area contributed by atoms with Gasteiger partial charge in [-0.3, -0.25) is 4.79 Å². The molecular formula is C10H12O4. The van der Waals surface area contributed by atoms with E-state index >= 15 is 0 Å². The predicted molar refractivity (Wildman–Crippen MR) is 51.9 cm³/mol. The second kappa shape index (κ2) is 4.50. The van der Waals surface area contributed by atoms with Crippen LogP contribution in [0.5, 0.6) is 5.75 Å². The van der Waals surface area contributed by atoms with Crippen molar-refractivity contribution < 1.29 is 19.1 Å². The zero-order chi connectivity index (χ0) is 10.6. The molecule has 1 N–H and O–H groups in total. The SMILES string of the molecule is CCC(=O)O.COc1cc2ccc1o2. The summed E-state index contributed by atoms with van der Waals surface area (Å²) >= 11 is 0. The highest BCUT2D eigenvalue weighted by Gasteiger charge is 2.04. The van der Waals surface area contributed by atoms with Crippen LogP contribution in [0.2, 0.25) is 0 Å². The second-order valence-electron chi connectivity index (χ2n) is 2.66. The molecule has 0 aliphatic heterocycles. The van der Waals surface area contributed by atoms with E-state index in [9.17, 15) is 4.79 Å². The van der Waals surface area contributed by atoms with Crippen LogP contribution in [0.3, 0.4) is 0 Å². The number of aliphatic carboxylic acids is 1. The minimum absolute atomic E-state index is 0.222. The van der Waals surface area contributed by atoms with E-state index in [2.05, 4.69) is 0 Å². The molecule has 0 aliphatic rings. The number of rotatable bonds is 2. The molecule has 14 heavy (non-hydrogen) atoms. The first kappa shape index (κ1) is 10.4. The number of carboxylic acid groups (broad SMARTS) is 1. The van der Waals surface area contributed by atoms with Crippen LogP contribution in [0.1, 0.15) is 13.3 Å². The van der Waals surface area contributed by atoms with Crippen LogP contribution in [0.4, 0.5) is 0 Å². The fraction of sp³-hybridized carbons (Fsp3) is 0.300. The molecule has 4 heteroatoms. The van der Waals surface area contributed by atoms with Crippen molar-refractivity contribution in [1.29, 1.82) is 0 Å². The molecular weight excluding hydrogens is 184 g/mol. The number of ether oxygens (including phenoxy) is 1. The van der Waals surface area contributed by atoms with Gasteiger partial charge in [0.15, 0.2) is 11.3 Å². The van der Waals surface area contributed by atoms with Crippen LogP contribution in [0.25, 0.3) is 11.2 Å². The maximum absolute atomic E-state index is 9.37. The maximum atomic E-state index is 9.37. The molecule has 4 nitrogen and oxygen atoms in total. The van der Waals surface area contributed by atoms with E-state index in [-0.39, 0.29) is 6.42 Å². The maximum Gasteiger partial charge on any atom is 0.303 e. The molecule has 0 amide bonds. The van der Waals surface area contributed by atoms with Crippen LogP contribution in [-0.2, 0) is 4.79 Å². The summed E-state index contributed by atoms with van der Waals surface area (Å²) in [5.74, 6) is 0.0810. The fourth-order valence-electron chi connectivity index (χ4n) is 0.923. The molecule has 0 unspecified atom stereocenters. The first-order valence-electron chi connectivity index (χ1n) is 4.25. The van der Waals surface area contributed by atoms with E-state index in [1.807, 2.05) is 18.2 Å². The van der Waals surface area contributed by atoms with Crippen molar-refractivity contribution in [3.05, 3.63) is 18.2 Å². The molecule has 2 rings (SSSR count). The lowest BCUT2D eigenvalue weighted by atomic mass is 10.3. The molecule has 0 saturated heterocycles. The van der Waals surface area contributed by atoms with Crippen molar-refractivity contribution in [2.24, 2.45) is 0 Å². The molecule has 0 saturated carbocycles. The Morgan fingerprint density at radius 3 is 2.43 bits per heavy atom. The Morgan fingerprint density at radius 1 is 1.57 bits per heavy atom. The highest BCUT2D eigenvalue weighted by atomic mass is 16.5. The van der Waals surface area contributed by atoms with Crippen LogP contribution in [0.15, 0.2) is 22.6 Å². The van der Waals surface area contributed by atoms with E-state index in [4.69, 9.17) is 14.3 Å². The third-order valence-corrected chi connectivity index (χ3v) is 1.67. The van der Waals surface area contributed by atoms with Gasteiger partial charge in [-0.2, -0.15) is 0 Å². The average molecular weight is 196 g/mol. The van der Waals surface area contributed by atoms with Gasteiger partial charge in [-0.15, -0.1) is 0 Å². The van der Waals surface area contributed by atoms with Crippen LogP contribution < -0.4 is 4.74 Å². The zero-order valence-corrected chi connectivity index (χ0v) is 8.11. The zero-order valence-electron chi connectivity index (χ0n) is 8.11. The average Bonchev–Trinajstić information content (AvgIpc) is 2.79. The van der Waals surface area contributed by atoms with Crippen molar-refractivity contribution in [1.82, 2.24) is 0 Å². The Balaban J connectivity index is 0.000000171. The summed E-state index contributed by atoms with van der Waals surface area (Å²) in [5, 5.41) is 7.72. The third kappa shape index (κ3) is 2.39. The molecule has 2 aromatic heterocycles. The summed E-state index contributed by atoms with van der Waals surface area (Å²) in [4.78, 5) is 9.37. The van der Waals surface area contributed by atoms with Crippen LogP contribution in [0, 0.1) is 0 Å². The lowest BCUT2D eigenvalue weighted by molar-refractivity contribution is -0.136. The van der Waals surface area contributed by atoms with Crippen LogP contribution >= 0.6 is 0 Å². The van der Waals surface area contributed by atoms with E-state index in [0.717, 1.165) is 16.9 Å². The largest absolute Gasteiger partial charge is 0.493 e. The van der Waals surface area contributed by atoms with E-state index in [0.29, 0.717) is 0 Å². The number of hydrogen-bond acceptors (Lipinski definition) is 3. The Kier molecular flexibility index (Phi) is 3.34. The Morgan fingerprint density at radius 2 is 2.21 bits per heavy atom. The number of benzene rings is 1. The Bertz CT molecular complexity index is 391. The van der Waals surface area contributed by atoms with Crippen molar-refractivity contribution in [2.45, 2.75) is 13.3 Å². The van der Waals surface area contributed by atoms with Crippen LogP contribution in [-0.4, -0.2) is 18.2 Å². The first-order chi connectivity index (χ1) is 6.67. The van der Waals surface area contributed by atoms with Gasteiger partial charge in [0, 0.05) is 12.5 Å². The van der Waals surface area contributed by atoms with Gasteiger partial charge in [0.2, 0.25) is 0 Å². The van der Waals surface area contributed by atoms with E-state index in [1.54, 1.807) is 14.0 Å². The molecule has 0 fully saturated rings. The van der Waals surface area contributed by atoms with Gasteiger partial charge < -0.3 is 14.3 Å². The number of carbonyl (C=O) groups is 1. The molecule has 0 radical (unpaired) electrons. The molecule has 0 aromatic carbocycles. The van der Waals surface area contributed by atoms with Gasteiger partial charge in [0.25, 0.3) is 0 Å².